The van der Waals surface area contributed by atoms with Gasteiger partial charge in [0.2, 0.25) is 0 Å². The molecule has 0 aliphatic carbocycles. The van der Waals surface area contributed by atoms with Crippen molar-refractivity contribution in [1.29, 1.82) is 0 Å². The highest BCUT2D eigenvalue weighted by atomic mass is 32.1. The number of nitrogens with zero attached hydrogens (tertiary/aromatic N) is 2. The summed E-state index contributed by atoms with van der Waals surface area (Å²) < 4.78 is 2.02. The number of anilines is 2. The van der Waals surface area contributed by atoms with Crippen LogP contribution in [0.5, 0.6) is 0 Å². The zero-order valence-electron chi connectivity index (χ0n) is 15.7. The number of carbonyl (C=O) groups is 1. The molecular formula is C22H19N5OS. The molecule has 3 N–H and O–H groups in total. The standard InChI is InChI=1S/C22H19N5OS/c1-23-21(28)19-14-18(9-11-24-19)27-12-10-15-13-17(7-8-20(15)27)26-22(29)25-16-5-3-2-4-6-16/h2-14H,1H3,(H,23,28)(H2,25,26,29). The maximum Gasteiger partial charge on any atom is 0.269 e. The Balaban J connectivity index is 1.56. The highest BCUT2D eigenvalue weighted by Crippen LogP contribution is 2.24. The van der Waals surface area contributed by atoms with E-state index in [1.54, 1.807) is 19.3 Å². The molecule has 1 amide bonds. The van der Waals surface area contributed by atoms with E-state index in [0.29, 0.717) is 10.8 Å². The number of hydrogen-bond donors (Lipinski definition) is 3. The molecule has 0 radical (unpaired) electrons. The molecule has 0 fully saturated rings. The van der Waals surface area contributed by atoms with Crippen molar-refractivity contribution in [3.8, 4) is 5.69 Å². The van der Waals surface area contributed by atoms with E-state index in [1.807, 2.05) is 71.4 Å². The van der Waals surface area contributed by atoms with Crippen LogP contribution in [0.2, 0.25) is 0 Å². The lowest BCUT2D eigenvalue weighted by atomic mass is 10.2. The molecule has 0 atom stereocenters. The van der Waals surface area contributed by atoms with Crippen molar-refractivity contribution in [3.63, 3.8) is 0 Å². The number of rotatable bonds is 4. The van der Waals surface area contributed by atoms with Gasteiger partial charge in [0, 0.05) is 41.9 Å². The van der Waals surface area contributed by atoms with Gasteiger partial charge in [-0.1, -0.05) is 18.2 Å². The smallest absolute Gasteiger partial charge is 0.269 e. The van der Waals surface area contributed by atoms with E-state index >= 15 is 0 Å². The summed E-state index contributed by atoms with van der Waals surface area (Å²) in [7, 11) is 1.59. The average molecular weight is 401 g/mol. The van der Waals surface area contributed by atoms with Gasteiger partial charge in [0.1, 0.15) is 5.69 Å². The maximum absolute atomic E-state index is 11.9. The molecule has 7 heteroatoms. The Morgan fingerprint density at radius 1 is 0.966 bits per heavy atom. The minimum Gasteiger partial charge on any atom is -0.354 e. The van der Waals surface area contributed by atoms with Gasteiger partial charge in [-0.3, -0.25) is 9.78 Å². The second-order valence-corrected chi connectivity index (χ2v) is 6.79. The monoisotopic (exact) mass is 401 g/mol. The van der Waals surface area contributed by atoms with Gasteiger partial charge in [0.15, 0.2) is 5.11 Å². The summed E-state index contributed by atoms with van der Waals surface area (Å²) in [6.45, 7) is 0. The van der Waals surface area contributed by atoms with E-state index in [9.17, 15) is 4.79 Å². The number of thiocarbonyl (C=S) groups is 1. The third-order valence-electron chi connectivity index (χ3n) is 4.46. The van der Waals surface area contributed by atoms with Gasteiger partial charge in [-0.15, -0.1) is 0 Å². The minimum atomic E-state index is -0.214. The first-order valence-corrected chi connectivity index (χ1v) is 9.47. The van der Waals surface area contributed by atoms with E-state index in [2.05, 4.69) is 20.9 Å². The zero-order chi connectivity index (χ0) is 20.2. The molecule has 29 heavy (non-hydrogen) atoms. The summed E-state index contributed by atoms with van der Waals surface area (Å²) >= 11 is 5.40. The molecule has 0 unspecified atom stereocenters. The number of aromatic nitrogens is 2. The Hall–Kier alpha value is -3.71. The van der Waals surface area contributed by atoms with Gasteiger partial charge >= 0.3 is 0 Å². The molecule has 2 heterocycles. The number of benzene rings is 2. The Morgan fingerprint density at radius 2 is 1.76 bits per heavy atom. The third-order valence-corrected chi connectivity index (χ3v) is 4.67. The fourth-order valence-corrected chi connectivity index (χ4v) is 3.32. The lowest BCUT2D eigenvalue weighted by Crippen LogP contribution is -2.19. The fraction of sp³-hybridized carbons (Fsp3) is 0.0455. The van der Waals surface area contributed by atoms with Crippen LogP contribution < -0.4 is 16.0 Å². The zero-order valence-corrected chi connectivity index (χ0v) is 16.5. The predicted octanol–water partition coefficient (Wildman–Crippen LogP) is 4.19. The number of hydrogen-bond acceptors (Lipinski definition) is 3. The van der Waals surface area contributed by atoms with Gasteiger partial charge in [0.25, 0.3) is 5.91 Å². The molecule has 144 valence electrons. The summed E-state index contributed by atoms with van der Waals surface area (Å²) in [5.41, 5.74) is 4.09. The summed E-state index contributed by atoms with van der Waals surface area (Å²) in [5.74, 6) is -0.214. The Bertz CT molecular complexity index is 1190. The van der Waals surface area contributed by atoms with Crippen LogP contribution in [-0.4, -0.2) is 27.6 Å². The normalized spacial score (nSPS) is 10.5. The van der Waals surface area contributed by atoms with E-state index < -0.39 is 0 Å². The molecule has 0 saturated heterocycles. The highest BCUT2D eigenvalue weighted by Gasteiger charge is 2.09. The van der Waals surface area contributed by atoms with Gasteiger partial charge in [-0.05, 0) is 60.7 Å². The second-order valence-electron chi connectivity index (χ2n) is 6.38. The van der Waals surface area contributed by atoms with E-state index in [4.69, 9.17) is 12.2 Å². The SMILES string of the molecule is CNC(=O)c1cc(-n2ccc3cc(NC(=S)Nc4ccccc4)ccc32)ccn1. The largest absolute Gasteiger partial charge is 0.354 e. The van der Waals surface area contributed by atoms with Crippen molar-refractivity contribution in [2.24, 2.45) is 0 Å². The lowest BCUT2D eigenvalue weighted by molar-refractivity contribution is 0.0958. The summed E-state index contributed by atoms with van der Waals surface area (Å²) in [6.07, 6.45) is 3.60. The van der Waals surface area contributed by atoms with Crippen molar-refractivity contribution >= 4 is 45.5 Å². The Labute approximate surface area is 173 Å². The van der Waals surface area contributed by atoms with Crippen LogP contribution in [0, 0.1) is 0 Å². The summed E-state index contributed by atoms with van der Waals surface area (Å²) in [6, 6.07) is 21.5. The maximum atomic E-state index is 11.9. The molecule has 0 spiro atoms. The van der Waals surface area contributed by atoms with Crippen LogP contribution in [0.15, 0.2) is 79.1 Å². The van der Waals surface area contributed by atoms with Crippen LogP contribution in [0.3, 0.4) is 0 Å². The quantitative estimate of drug-likeness (QED) is 0.447. The minimum absolute atomic E-state index is 0.214. The third kappa shape index (κ3) is 4.09. The molecule has 0 aliphatic heterocycles. The molecule has 4 rings (SSSR count). The molecule has 0 saturated carbocycles. The van der Waals surface area contributed by atoms with Crippen LogP contribution in [-0.2, 0) is 0 Å². The van der Waals surface area contributed by atoms with Crippen molar-refractivity contribution < 1.29 is 4.79 Å². The number of para-hydroxylation sites is 1. The second kappa shape index (κ2) is 8.12. The topological polar surface area (TPSA) is 71.0 Å². The lowest BCUT2D eigenvalue weighted by Gasteiger charge is -2.11. The first-order valence-electron chi connectivity index (χ1n) is 9.07. The fourth-order valence-electron chi connectivity index (χ4n) is 3.08. The van der Waals surface area contributed by atoms with Crippen molar-refractivity contribution in [2.45, 2.75) is 0 Å². The molecule has 4 aromatic rings. The first-order chi connectivity index (χ1) is 14.1. The molecule has 0 aliphatic rings. The van der Waals surface area contributed by atoms with Gasteiger partial charge in [0.05, 0.1) is 5.52 Å². The molecule has 2 aromatic carbocycles. The van der Waals surface area contributed by atoms with Crippen molar-refractivity contribution in [1.82, 2.24) is 14.9 Å². The summed E-state index contributed by atoms with van der Waals surface area (Å²) in [4.78, 5) is 16.0. The molecule has 6 nitrogen and oxygen atoms in total. The van der Waals surface area contributed by atoms with E-state index in [1.165, 1.54) is 0 Å². The molecule has 0 bridgehead atoms. The van der Waals surface area contributed by atoms with Crippen LogP contribution in [0.25, 0.3) is 16.6 Å². The molecule has 2 aromatic heterocycles. The predicted molar refractivity (Wildman–Crippen MR) is 121 cm³/mol. The highest BCUT2D eigenvalue weighted by molar-refractivity contribution is 7.80. The summed E-state index contributed by atoms with van der Waals surface area (Å²) in [5, 5.41) is 10.5. The van der Waals surface area contributed by atoms with Crippen molar-refractivity contribution in [3.05, 3.63) is 84.8 Å². The van der Waals surface area contributed by atoms with E-state index in [-0.39, 0.29) is 5.91 Å². The van der Waals surface area contributed by atoms with Gasteiger partial charge < -0.3 is 20.5 Å². The molecular weight excluding hydrogens is 382 g/mol. The van der Waals surface area contributed by atoms with Crippen LogP contribution in [0.4, 0.5) is 11.4 Å². The Kier molecular flexibility index (Phi) is 5.22. The van der Waals surface area contributed by atoms with Gasteiger partial charge in [-0.2, -0.15) is 0 Å². The van der Waals surface area contributed by atoms with Crippen LogP contribution in [0.1, 0.15) is 10.5 Å². The van der Waals surface area contributed by atoms with Gasteiger partial charge in [-0.25, -0.2) is 0 Å². The first kappa shape index (κ1) is 18.6. The number of pyridine rings is 1. The van der Waals surface area contributed by atoms with E-state index in [0.717, 1.165) is 28.0 Å². The van der Waals surface area contributed by atoms with Crippen LogP contribution >= 0.6 is 12.2 Å². The average Bonchev–Trinajstić information content (AvgIpc) is 3.17. The number of carbonyl (C=O) groups excluding carboxylic acids is 1. The number of amides is 1. The van der Waals surface area contributed by atoms with Crippen molar-refractivity contribution in [2.75, 3.05) is 17.7 Å². The Morgan fingerprint density at radius 3 is 2.55 bits per heavy atom. The number of nitrogens with one attached hydrogen (secondary N) is 3. The number of fused-ring (bicyclic) bond motifs is 1.